The third-order valence-electron chi connectivity index (χ3n) is 10.7. The maximum Gasteiger partial charge on any atom is 0.160 e. The van der Waals surface area contributed by atoms with Crippen LogP contribution in [0.3, 0.4) is 0 Å². The van der Waals surface area contributed by atoms with E-state index in [1.54, 1.807) is 0 Å². The number of fused-ring (bicyclic) bond motifs is 7. The number of nitrogens with zero attached hydrogens (tertiary/aromatic N) is 3. The molecule has 2 heterocycles. The van der Waals surface area contributed by atoms with Crippen LogP contribution >= 0.6 is 0 Å². The van der Waals surface area contributed by atoms with Crippen LogP contribution in [0.25, 0.3) is 88.6 Å². The monoisotopic (exact) mass is 651 g/mol. The van der Waals surface area contributed by atoms with Crippen LogP contribution in [0.4, 0.5) is 0 Å². The standard InChI is InChI=1S/C48H33N3/c1-48(2)42-14-8-6-12-38(42)41-28-40-34(27-43(41)48)21-20-33-26-35(22-23-36(33)40)46-29-45(31-10-4-3-5-11-31)50-47(51-46)32-18-16-30(17-19-32)37-24-25-49-44-15-9-7-13-39(37)44/h3-29H,1-2H3. The fraction of sp³-hybridized carbons (Fsp3) is 0.0625. The van der Waals surface area contributed by atoms with Crippen LogP contribution in [0.1, 0.15) is 25.0 Å². The van der Waals surface area contributed by atoms with Crippen LogP contribution in [-0.4, -0.2) is 15.0 Å². The Morgan fingerprint density at radius 3 is 1.94 bits per heavy atom. The van der Waals surface area contributed by atoms with E-state index in [0.717, 1.165) is 50.1 Å². The van der Waals surface area contributed by atoms with Gasteiger partial charge in [0.05, 0.1) is 16.9 Å². The Morgan fingerprint density at radius 1 is 0.412 bits per heavy atom. The molecule has 7 aromatic carbocycles. The molecule has 9 aromatic rings. The smallest absolute Gasteiger partial charge is 0.160 e. The zero-order chi connectivity index (χ0) is 34.1. The first kappa shape index (κ1) is 29.5. The molecular formula is C48H33N3. The summed E-state index contributed by atoms with van der Waals surface area (Å²) < 4.78 is 0. The fourth-order valence-corrected chi connectivity index (χ4v) is 8.05. The van der Waals surface area contributed by atoms with E-state index in [-0.39, 0.29) is 5.41 Å². The third-order valence-corrected chi connectivity index (χ3v) is 10.7. The van der Waals surface area contributed by atoms with Crippen molar-refractivity contribution >= 4 is 32.4 Å². The molecule has 2 aromatic heterocycles. The molecule has 10 rings (SSSR count). The molecule has 240 valence electrons. The van der Waals surface area contributed by atoms with E-state index in [0.29, 0.717) is 5.82 Å². The predicted octanol–water partition coefficient (Wildman–Crippen LogP) is 12.3. The van der Waals surface area contributed by atoms with E-state index in [2.05, 4.69) is 164 Å². The highest BCUT2D eigenvalue weighted by molar-refractivity contribution is 6.11. The first-order valence-electron chi connectivity index (χ1n) is 17.5. The molecule has 0 radical (unpaired) electrons. The Balaban J connectivity index is 1.09. The summed E-state index contributed by atoms with van der Waals surface area (Å²) in [6.45, 7) is 4.68. The van der Waals surface area contributed by atoms with Gasteiger partial charge in [-0.3, -0.25) is 4.98 Å². The average Bonchev–Trinajstić information content (AvgIpc) is 3.42. The first-order valence-corrected chi connectivity index (χ1v) is 17.5. The predicted molar refractivity (Wildman–Crippen MR) is 212 cm³/mol. The summed E-state index contributed by atoms with van der Waals surface area (Å²) >= 11 is 0. The molecule has 3 nitrogen and oxygen atoms in total. The molecule has 0 N–H and O–H groups in total. The van der Waals surface area contributed by atoms with E-state index >= 15 is 0 Å². The van der Waals surface area contributed by atoms with E-state index in [1.165, 1.54) is 43.8 Å². The zero-order valence-electron chi connectivity index (χ0n) is 28.4. The molecule has 0 unspecified atom stereocenters. The third kappa shape index (κ3) is 4.77. The molecule has 1 aliphatic rings. The van der Waals surface area contributed by atoms with Crippen molar-refractivity contribution in [3.8, 4) is 56.2 Å². The Labute approximate surface area is 297 Å². The van der Waals surface area contributed by atoms with Crippen LogP contribution < -0.4 is 0 Å². The van der Waals surface area contributed by atoms with Gasteiger partial charge in [0.15, 0.2) is 5.82 Å². The number of pyridine rings is 1. The average molecular weight is 652 g/mol. The summed E-state index contributed by atoms with van der Waals surface area (Å²) in [5, 5.41) is 6.13. The minimum absolute atomic E-state index is 0.0200. The molecule has 0 bridgehead atoms. The van der Waals surface area contributed by atoms with Gasteiger partial charge < -0.3 is 0 Å². The molecule has 0 saturated heterocycles. The maximum atomic E-state index is 5.19. The van der Waals surface area contributed by atoms with Gasteiger partial charge in [-0.05, 0) is 91.3 Å². The van der Waals surface area contributed by atoms with Gasteiger partial charge in [-0.25, -0.2) is 9.97 Å². The maximum absolute atomic E-state index is 5.19. The summed E-state index contributed by atoms with van der Waals surface area (Å²) in [7, 11) is 0. The minimum atomic E-state index is -0.0200. The van der Waals surface area contributed by atoms with Crippen LogP contribution in [0.15, 0.2) is 164 Å². The zero-order valence-corrected chi connectivity index (χ0v) is 28.4. The summed E-state index contributed by atoms with van der Waals surface area (Å²) in [6, 6.07) is 56.4. The number of benzene rings is 7. The van der Waals surface area contributed by atoms with E-state index in [9.17, 15) is 0 Å². The van der Waals surface area contributed by atoms with Gasteiger partial charge in [-0.1, -0.05) is 135 Å². The van der Waals surface area contributed by atoms with Crippen molar-refractivity contribution in [3.05, 3.63) is 175 Å². The van der Waals surface area contributed by atoms with Gasteiger partial charge in [0.2, 0.25) is 0 Å². The lowest BCUT2D eigenvalue weighted by molar-refractivity contribution is 0.661. The molecule has 3 heteroatoms. The lowest BCUT2D eigenvalue weighted by Gasteiger charge is -2.21. The normalized spacial score (nSPS) is 13.1. The van der Waals surface area contributed by atoms with Crippen molar-refractivity contribution in [2.45, 2.75) is 19.3 Å². The molecule has 0 saturated carbocycles. The second kappa shape index (κ2) is 11.3. The van der Waals surface area contributed by atoms with Gasteiger partial charge in [0, 0.05) is 33.7 Å². The van der Waals surface area contributed by atoms with Gasteiger partial charge in [0.1, 0.15) is 0 Å². The van der Waals surface area contributed by atoms with Crippen molar-refractivity contribution in [3.63, 3.8) is 0 Å². The topological polar surface area (TPSA) is 38.7 Å². The molecule has 1 aliphatic carbocycles. The van der Waals surface area contributed by atoms with Gasteiger partial charge in [-0.15, -0.1) is 0 Å². The largest absolute Gasteiger partial charge is 0.256 e. The van der Waals surface area contributed by atoms with Gasteiger partial charge >= 0.3 is 0 Å². The summed E-state index contributed by atoms with van der Waals surface area (Å²) in [5.74, 6) is 0.702. The number of aromatic nitrogens is 3. The fourth-order valence-electron chi connectivity index (χ4n) is 8.05. The van der Waals surface area contributed by atoms with Gasteiger partial charge in [-0.2, -0.15) is 0 Å². The van der Waals surface area contributed by atoms with Crippen LogP contribution in [-0.2, 0) is 5.41 Å². The Hall–Kier alpha value is -6.45. The molecular weight excluding hydrogens is 619 g/mol. The lowest BCUT2D eigenvalue weighted by Crippen LogP contribution is -2.14. The van der Waals surface area contributed by atoms with E-state index in [4.69, 9.17) is 9.97 Å². The molecule has 0 amide bonds. The number of rotatable bonds is 4. The molecule has 51 heavy (non-hydrogen) atoms. The van der Waals surface area contributed by atoms with E-state index < -0.39 is 0 Å². The second-order valence-corrected chi connectivity index (χ2v) is 14.1. The molecule has 0 fully saturated rings. The highest BCUT2D eigenvalue weighted by atomic mass is 14.9. The van der Waals surface area contributed by atoms with Crippen molar-refractivity contribution < 1.29 is 0 Å². The Kier molecular flexibility index (Phi) is 6.53. The number of para-hydroxylation sites is 1. The van der Waals surface area contributed by atoms with Crippen LogP contribution in [0, 0.1) is 0 Å². The molecule has 0 atom stereocenters. The minimum Gasteiger partial charge on any atom is -0.256 e. The Morgan fingerprint density at radius 2 is 1.10 bits per heavy atom. The molecule has 0 aliphatic heterocycles. The quantitative estimate of drug-likeness (QED) is 0.178. The number of hydrogen-bond acceptors (Lipinski definition) is 3. The summed E-state index contributed by atoms with van der Waals surface area (Å²) in [5.41, 5.74) is 13.6. The van der Waals surface area contributed by atoms with E-state index in [1.807, 2.05) is 18.3 Å². The SMILES string of the molecule is CC1(C)c2ccccc2-c2cc3c(ccc4cc(-c5cc(-c6ccccc6)nc(-c6ccc(-c7ccnc8ccccc78)cc6)n5)ccc43)cc21. The lowest BCUT2D eigenvalue weighted by atomic mass is 9.81. The van der Waals surface area contributed by atoms with Crippen LogP contribution in [0.5, 0.6) is 0 Å². The first-order chi connectivity index (χ1) is 25.0. The number of hydrogen-bond donors (Lipinski definition) is 0. The van der Waals surface area contributed by atoms with Crippen molar-refractivity contribution in [1.82, 2.24) is 15.0 Å². The van der Waals surface area contributed by atoms with Crippen molar-refractivity contribution in [2.24, 2.45) is 0 Å². The van der Waals surface area contributed by atoms with Crippen molar-refractivity contribution in [2.75, 3.05) is 0 Å². The molecule has 0 spiro atoms. The summed E-state index contributed by atoms with van der Waals surface area (Å²) in [4.78, 5) is 14.8. The second-order valence-electron chi connectivity index (χ2n) is 14.1. The summed E-state index contributed by atoms with van der Waals surface area (Å²) in [6.07, 6.45) is 1.88. The highest BCUT2D eigenvalue weighted by Gasteiger charge is 2.35. The van der Waals surface area contributed by atoms with Crippen LogP contribution in [0.2, 0.25) is 0 Å². The van der Waals surface area contributed by atoms with Gasteiger partial charge in [0.25, 0.3) is 0 Å². The Bertz CT molecular complexity index is 2810. The highest BCUT2D eigenvalue weighted by Crippen LogP contribution is 2.50. The van der Waals surface area contributed by atoms with Crippen molar-refractivity contribution in [1.29, 1.82) is 0 Å².